The van der Waals surface area contributed by atoms with Crippen molar-refractivity contribution in [2.24, 2.45) is 0 Å². The SMILES string of the molecule is Cc1ccc(CCC(C)NC(=O)NCCCC(=O)O)o1. The highest BCUT2D eigenvalue weighted by molar-refractivity contribution is 5.74. The van der Waals surface area contributed by atoms with Crippen LogP contribution in [0.15, 0.2) is 16.5 Å². The van der Waals surface area contributed by atoms with Crippen LogP contribution in [0.1, 0.15) is 37.7 Å². The minimum atomic E-state index is -0.852. The van der Waals surface area contributed by atoms with Crippen LogP contribution in [0, 0.1) is 6.92 Å². The molecule has 6 nitrogen and oxygen atoms in total. The summed E-state index contributed by atoms with van der Waals surface area (Å²) in [6.07, 6.45) is 2.06. The summed E-state index contributed by atoms with van der Waals surface area (Å²) in [5, 5.41) is 13.9. The van der Waals surface area contributed by atoms with E-state index in [-0.39, 0.29) is 18.5 Å². The fourth-order valence-corrected chi connectivity index (χ4v) is 1.77. The smallest absolute Gasteiger partial charge is 0.314 e. The Balaban J connectivity index is 2.13. The third-order valence-corrected chi connectivity index (χ3v) is 2.85. The molecular weight excluding hydrogens is 260 g/mol. The highest BCUT2D eigenvalue weighted by Gasteiger charge is 2.08. The van der Waals surface area contributed by atoms with E-state index in [4.69, 9.17) is 9.52 Å². The van der Waals surface area contributed by atoms with E-state index >= 15 is 0 Å². The zero-order valence-corrected chi connectivity index (χ0v) is 11.9. The summed E-state index contributed by atoms with van der Waals surface area (Å²) < 4.78 is 5.46. The Bertz CT molecular complexity index is 442. The van der Waals surface area contributed by atoms with Crippen molar-refractivity contribution >= 4 is 12.0 Å². The Morgan fingerprint density at radius 2 is 2.15 bits per heavy atom. The van der Waals surface area contributed by atoms with Crippen LogP contribution in [-0.4, -0.2) is 29.7 Å². The summed E-state index contributed by atoms with van der Waals surface area (Å²) in [6, 6.07) is 3.62. The van der Waals surface area contributed by atoms with Gasteiger partial charge in [-0.1, -0.05) is 0 Å². The number of hydrogen-bond acceptors (Lipinski definition) is 3. The van der Waals surface area contributed by atoms with Crippen molar-refractivity contribution in [1.82, 2.24) is 10.6 Å². The fraction of sp³-hybridized carbons (Fsp3) is 0.571. The van der Waals surface area contributed by atoms with Gasteiger partial charge in [-0.25, -0.2) is 4.79 Å². The Labute approximate surface area is 118 Å². The minimum absolute atomic E-state index is 0.0277. The molecule has 0 aliphatic carbocycles. The molecule has 6 heteroatoms. The molecule has 1 unspecified atom stereocenters. The molecule has 0 aliphatic heterocycles. The first-order valence-corrected chi connectivity index (χ1v) is 6.79. The fourth-order valence-electron chi connectivity index (χ4n) is 1.77. The molecule has 20 heavy (non-hydrogen) atoms. The quantitative estimate of drug-likeness (QED) is 0.636. The lowest BCUT2D eigenvalue weighted by Crippen LogP contribution is -2.41. The average molecular weight is 282 g/mol. The van der Waals surface area contributed by atoms with Crippen molar-refractivity contribution in [3.05, 3.63) is 23.7 Å². The van der Waals surface area contributed by atoms with Crippen LogP contribution < -0.4 is 10.6 Å². The molecule has 0 saturated carbocycles. The Hall–Kier alpha value is -1.98. The molecule has 1 heterocycles. The number of rotatable bonds is 8. The van der Waals surface area contributed by atoms with Gasteiger partial charge in [-0.15, -0.1) is 0 Å². The van der Waals surface area contributed by atoms with E-state index in [0.29, 0.717) is 13.0 Å². The van der Waals surface area contributed by atoms with Crippen molar-refractivity contribution in [2.75, 3.05) is 6.54 Å². The molecule has 1 aromatic heterocycles. The van der Waals surface area contributed by atoms with Crippen LogP contribution in [0.25, 0.3) is 0 Å². The van der Waals surface area contributed by atoms with Crippen LogP contribution in [0.4, 0.5) is 4.79 Å². The van der Waals surface area contributed by atoms with Crippen molar-refractivity contribution < 1.29 is 19.1 Å². The first-order valence-electron chi connectivity index (χ1n) is 6.79. The lowest BCUT2D eigenvalue weighted by Gasteiger charge is -2.13. The molecule has 0 aliphatic rings. The molecule has 0 bridgehead atoms. The van der Waals surface area contributed by atoms with Gasteiger partial charge in [0.15, 0.2) is 0 Å². The maximum absolute atomic E-state index is 11.5. The second-order valence-electron chi connectivity index (χ2n) is 4.85. The van der Waals surface area contributed by atoms with Gasteiger partial charge in [-0.05, 0) is 38.8 Å². The van der Waals surface area contributed by atoms with Crippen molar-refractivity contribution in [1.29, 1.82) is 0 Å². The van der Waals surface area contributed by atoms with Gasteiger partial charge in [-0.2, -0.15) is 0 Å². The van der Waals surface area contributed by atoms with Crippen LogP contribution in [0.5, 0.6) is 0 Å². The Morgan fingerprint density at radius 1 is 1.40 bits per heavy atom. The maximum atomic E-state index is 11.5. The number of carboxylic acid groups (broad SMARTS) is 1. The molecule has 0 aromatic carbocycles. The van der Waals surface area contributed by atoms with Crippen molar-refractivity contribution in [2.45, 2.75) is 45.6 Å². The van der Waals surface area contributed by atoms with Crippen LogP contribution in [-0.2, 0) is 11.2 Å². The third-order valence-electron chi connectivity index (χ3n) is 2.85. The molecule has 2 amide bonds. The topological polar surface area (TPSA) is 91.6 Å². The molecule has 1 aromatic rings. The number of carboxylic acids is 1. The predicted molar refractivity (Wildman–Crippen MR) is 74.6 cm³/mol. The lowest BCUT2D eigenvalue weighted by molar-refractivity contribution is -0.137. The Kier molecular flexibility index (Phi) is 6.63. The number of carbonyl (C=O) groups excluding carboxylic acids is 1. The molecule has 0 radical (unpaired) electrons. The molecule has 0 saturated heterocycles. The number of carbonyl (C=O) groups is 2. The minimum Gasteiger partial charge on any atom is -0.481 e. The van der Waals surface area contributed by atoms with E-state index in [1.165, 1.54) is 0 Å². The van der Waals surface area contributed by atoms with Crippen molar-refractivity contribution in [3.8, 4) is 0 Å². The van der Waals surface area contributed by atoms with Crippen LogP contribution in [0.2, 0.25) is 0 Å². The molecular formula is C14H22N2O4. The number of urea groups is 1. The number of aliphatic carboxylic acids is 1. The summed E-state index contributed by atoms with van der Waals surface area (Å²) in [5.41, 5.74) is 0. The second-order valence-corrected chi connectivity index (χ2v) is 4.85. The summed E-state index contributed by atoms with van der Waals surface area (Å²) >= 11 is 0. The van der Waals surface area contributed by atoms with E-state index in [1.807, 2.05) is 26.0 Å². The highest BCUT2D eigenvalue weighted by atomic mass is 16.4. The Morgan fingerprint density at radius 3 is 2.75 bits per heavy atom. The molecule has 1 rings (SSSR count). The number of amides is 2. The van der Waals surface area contributed by atoms with Gasteiger partial charge in [0.05, 0.1) is 0 Å². The van der Waals surface area contributed by atoms with Gasteiger partial charge >= 0.3 is 12.0 Å². The van der Waals surface area contributed by atoms with Gasteiger partial charge in [0.2, 0.25) is 0 Å². The lowest BCUT2D eigenvalue weighted by atomic mass is 10.1. The first-order chi connectivity index (χ1) is 9.47. The number of nitrogens with one attached hydrogen (secondary N) is 2. The molecule has 112 valence electrons. The zero-order valence-electron chi connectivity index (χ0n) is 11.9. The van der Waals surface area contributed by atoms with E-state index in [2.05, 4.69) is 10.6 Å². The molecule has 3 N–H and O–H groups in total. The van der Waals surface area contributed by atoms with Gasteiger partial charge in [-0.3, -0.25) is 4.79 Å². The van der Waals surface area contributed by atoms with E-state index < -0.39 is 5.97 Å². The van der Waals surface area contributed by atoms with Gasteiger partial charge in [0.25, 0.3) is 0 Å². The molecule has 0 spiro atoms. The number of hydrogen-bond donors (Lipinski definition) is 3. The summed E-state index contributed by atoms with van der Waals surface area (Å²) in [4.78, 5) is 21.8. The highest BCUT2D eigenvalue weighted by Crippen LogP contribution is 2.09. The van der Waals surface area contributed by atoms with Gasteiger partial charge in [0.1, 0.15) is 11.5 Å². The molecule has 0 fully saturated rings. The van der Waals surface area contributed by atoms with Gasteiger partial charge in [0, 0.05) is 25.4 Å². The number of furan rings is 1. The average Bonchev–Trinajstić information content (AvgIpc) is 2.78. The van der Waals surface area contributed by atoms with Crippen LogP contribution >= 0.6 is 0 Å². The third kappa shape index (κ3) is 6.82. The molecule has 1 atom stereocenters. The van der Waals surface area contributed by atoms with E-state index in [9.17, 15) is 9.59 Å². The van der Waals surface area contributed by atoms with Crippen LogP contribution in [0.3, 0.4) is 0 Å². The summed E-state index contributed by atoms with van der Waals surface area (Å²) in [6.45, 7) is 4.19. The normalized spacial score (nSPS) is 11.9. The first kappa shape index (κ1) is 16.1. The standard InChI is InChI=1S/C14H22N2O4/c1-10(5-7-12-8-6-11(2)20-12)16-14(19)15-9-3-4-13(17)18/h6,8,10H,3-5,7,9H2,1-2H3,(H,17,18)(H2,15,16,19). The van der Waals surface area contributed by atoms with E-state index in [1.54, 1.807) is 0 Å². The second kappa shape index (κ2) is 8.24. The zero-order chi connectivity index (χ0) is 15.0. The summed E-state index contributed by atoms with van der Waals surface area (Å²) in [5.74, 6) is 0.948. The summed E-state index contributed by atoms with van der Waals surface area (Å²) in [7, 11) is 0. The predicted octanol–water partition coefficient (Wildman–Crippen LogP) is 2.07. The van der Waals surface area contributed by atoms with Crippen molar-refractivity contribution in [3.63, 3.8) is 0 Å². The monoisotopic (exact) mass is 282 g/mol. The van der Waals surface area contributed by atoms with Gasteiger partial charge < -0.3 is 20.2 Å². The number of aryl methyl sites for hydroxylation is 2. The van der Waals surface area contributed by atoms with E-state index in [0.717, 1.165) is 24.4 Å². The maximum Gasteiger partial charge on any atom is 0.314 e. The largest absolute Gasteiger partial charge is 0.481 e.